The van der Waals surface area contributed by atoms with Crippen LogP contribution in [0.25, 0.3) is 22.2 Å². The molecule has 2 heterocycles. The number of ketones is 1. The van der Waals surface area contributed by atoms with E-state index in [0.717, 1.165) is 17.7 Å². The number of carbonyl (C=O) groups excluding carboxylic acids is 1. The van der Waals surface area contributed by atoms with Crippen LogP contribution in [-0.2, 0) is 19.9 Å². The van der Waals surface area contributed by atoms with Gasteiger partial charge < -0.3 is 4.57 Å². The summed E-state index contributed by atoms with van der Waals surface area (Å²) in [6.07, 6.45) is 2.71. The zero-order chi connectivity index (χ0) is 14.6. The SMILES string of the molecule is CCC(=O)c1cc2c(s1)CCc1c-2n(C)c2ccccc12. The van der Waals surface area contributed by atoms with Crippen molar-refractivity contribution in [2.45, 2.75) is 26.2 Å². The zero-order valence-corrected chi connectivity index (χ0v) is 13.1. The highest BCUT2D eigenvalue weighted by atomic mass is 32.1. The van der Waals surface area contributed by atoms with E-state index >= 15 is 0 Å². The van der Waals surface area contributed by atoms with Crippen LogP contribution >= 0.6 is 11.3 Å². The number of nitrogens with zero attached hydrogens (tertiary/aromatic N) is 1. The molecule has 0 fully saturated rings. The molecule has 0 atom stereocenters. The van der Waals surface area contributed by atoms with Crippen LogP contribution in [0.15, 0.2) is 30.3 Å². The van der Waals surface area contributed by atoms with Gasteiger partial charge in [0.15, 0.2) is 5.78 Å². The van der Waals surface area contributed by atoms with Crippen molar-refractivity contribution in [3.05, 3.63) is 45.6 Å². The first-order valence-electron chi connectivity index (χ1n) is 7.43. The van der Waals surface area contributed by atoms with E-state index in [0.29, 0.717) is 6.42 Å². The maximum atomic E-state index is 12.0. The average Bonchev–Trinajstić information content (AvgIpc) is 3.07. The van der Waals surface area contributed by atoms with Crippen LogP contribution in [0.1, 0.15) is 33.5 Å². The molecule has 0 bridgehead atoms. The van der Waals surface area contributed by atoms with E-state index in [9.17, 15) is 4.79 Å². The third-order valence-corrected chi connectivity index (χ3v) is 5.71. The molecule has 0 spiro atoms. The lowest BCUT2D eigenvalue weighted by Crippen LogP contribution is -2.02. The van der Waals surface area contributed by atoms with Crippen molar-refractivity contribution in [1.29, 1.82) is 0 Å². The number of thiophene rings is 1. The van der Waals surface area contributed by atoms with Gasteiger partial charge in [-0.15, -0.1) is 11.3 Å². The molecule has 0 amide bonds. The normalized spacial score (nSPS) is 13.2. The Morgan fingerprint density at radius 1 is 1.29 bits per heavy atom. The van der Waals surface area contributed by atoms with Gasteiger partial charge in [0.25, 0.3) is 0 Å². The molecule has 106 valence electrons. The highest BCUT2D eigenvalue weighted by molar-refractivity contribution is 7.14. The molecule has 3 aromatic rings. The molecule has 0 unspecified atom stereocenters. The van der Waals surface area contributed by atoms with Crippen molar-refractivity contribution in [2.24, 2.45) is 7.05 Å². The number of aromatic nitrogens is 1. The lowest BCUT2D eigenvalue weighted by atomic mass is 9.94. The fourth-order valence-electron chi connectivity index (χ4n) is 3.43. The smallest absolute Gasteiger partial charge is 0.172 e. The van der Waals surface area contributed by atoms with E-state index in [-0.39, 0.29) is 5.78 Å². The first-order valence-corrected chi connectivity index (χ1v) is 8.25. The molecule has 0 aliphatic heterocycles. The molecule has 4 rings (SSSR count). The number of rotatable bonds is 2. The van der Waals surface area contributed by atoms with Gasteiger partial charge in [-0.3, -0.25) is 4.79 Å². The number of para-hydroxylation sites is 1. The third-order valence-electron chi connectivity index (χ3n) is 4.47. The monoisotopic (exact) mass is 295 g/mol. The van der Waals surface area contributed by atoms with E-state index in [1.807, 2.05) is 6.92 Å². The second-order valence-corrected chi connectivity index (χ2v) is 6.76. The van der Waals surface area contributed by atoms with Gasteiger partial charge in [-0.05, 0) is 30.5 Å². The average molecular weight is 295 g/mol. The number of hydrogen-bond donors (Lipinski definition) is 0. The van der Waals surface area contributed by atoms with Gasteiger partial charge in [-0.2, -0.15) is 0 Å². The van der Waals surface area contributed by atoms with Crippen LogP contribution in [-0.4, -0.2) is 10.4 Å². The minimum absolute atomic E-state index is 0.259. The largest absolute Gasteiger partial charge is 0.343 e. The summed E-state index contributed by atoms with van der Waals surface area (Å²) in [5.74, 6) is 0.259. The molecule has 0 radical (unpaired) electrons. The summed E-state index contributed by atoms with van der Waals surface area (Å²) < 4.78 is 2.29. The summed E-state index contributed by atoms with van der Waals surface area (Å²) in [6.45, 7) is 1.93. The number of hydrogen-bond acceptors (Lipinski definition) is 2. The topological polar surface area (TPSA) is 22.0 Å². The van der Waals surface area contributed by atoms with Crippen molar-refractivity contribution in [3.63, 3.8) is 0 Å². The number of benzene rings is 1. The van der Waals surface area contributed by atoms with Gasteiger partial charge in [0.1, 0.15) is 0 Å². The lowest BCUT2D eigenvalue weighted by Gasteiger charge is -2.14. The van der Waals surface area contributed by atoms with Crippen LogP contribution in [0.2, 0.25) is 0 Å². The Kier molecular flexibility index (Phi) is 2.79. The predicted octanol–water partition coefficient (Wildman–Crippen LogP) is 4.60. The van der Waals surface area contributed by atoms with E-state index in [4.69, 9.17) is 0 Å². The Labute approximate surface area is 128 Å². The quantitative estimate of drug-likeness (QED) is 0.633. The van der Waals surface area contributed by atoms with Crippen molar-refractivity contribution < 1.29 is 4.79 Å². The number of fused-ring (bicyclic) bond motifs is 5. The maximum Gasteiger partial charge on any atom is 0.172 e. The van der Waals surface area contributed by atoms with E-state index in [1.54, 1.807) is 11.3 Å². The number of aryl methyl sites for hydroxylation is 3. The van der Waals surface area contributed by atoms with Gasteiger partial charge in [0.05, 0.1) is 10.6 Å². The summed E-state index contributed by atoms with van der Waals surface area (Å²) in [6, 6.07) is 10.7. The minimum atomic E-state index is 0.259. The maximum absolute atomic E-state index is 12.0. The Balaban J connectivity index is 2.00. The lowest BCUT2D eigenvalue weighted by molar-refractivity contribution is 0.0992. The standard InChI is InChI=1S/C18H17NOS/c1-3-15(20)17-10-13-16(21-17)9-8-12-11-6-4-5-7-14(11)19(2)18(12)13/h4-7,10H,3,8-9H2,1-2H3. The highest BCUT2D eigenvalue weighted by Crippen LogP contribution is 2.43. The Bertz CT molecular complexity index is 869. The van der Waals surface area contributed by atoms with Gasteiger partial charge in [0, 0.05) is 34.8 Å². The fourth-order valence-corrected chi connectivity index (χ4v) is 4.60. The number of carbonyl (C=O) groups is 1. The van der Waals surface area contributed by atoms with Crippen molar-refractivity contribution in [3.8, 4) is 11.3 Å². The Hall–Kier alpha value is -1.87. The Morgan fingerprint density at radius 2 is 2.10 bits per heavy atom. The molecule has 1 aliphatic carbocycles. The fraction of sp³-hybridized carbons (Fsp3) is 0.278. The van der Waals surface area contributed by atoms with Crippen molar-refractivity contribution in [2.75, 3.05) is 0 Å². The summed E-state index contributed by atoms with van der Waals surface area (Å²) in [7, 11) is 2.13. The van der Waals surface area contributed by atoms with Gasteiger partial charge in [-0.1, -0.05) is 25.1 Å². The van der Waals surface area contributed by atoms with Gasteiger partial charge in [0.2, 0.25) is 0 Å². The summed E-state index contributed by atoms with van der Waals surface area (Å²) in [5.41, 5.74) is 5.31. The molecule has 1 aromatic carbocycles. The van der Waals surface area contributed by atoms with E-state index < -0.39 is 0 Å². The third kappa shape index (κ3) is 1.74. The summed E-state index contributed by atoms with van der Waals surface area (Å²) in [4.78, 5) is 14.3. The van der Waals surface area contributed by atoms with Crippen LogP contribution in [0.3, 0.4) is 0 Å². The zero-order valence-electron chi connectivity index (χ0n) is 12.3. The molecule has 21 heavy (non-hydrogen) atoms. The van der Waals surface area contributed by atoms with Crippen LogP contribution in [0.4, 0.5) is 0 Å². The van der Waals surface area contributed by atoms with E-state index in [2.05, 4.69) is 41.9 Å². The molecule has 1 aliphatic rings. The second-order valence-electron chi connectivity index (χ2n) is 5.63. The van der Waals surface area contributed by atoms with Crippen LogP contribution in [0, 0.1) is 0 Å². The molecule has 2 aromatic heterocycles. The second kappa shape index (κ2) is 4.57. The molecular weight excluding hydrogens is 278 g/mol. The van der Waals surface area contributed by atoms with Crippen molar-refractivity contribution >= 4 is 28.0 Å². The van der Waals surface area contributed by atoms with Crippen molar-refractivity contribution in [1.82, 2.24) is 4.57 Å². The molecule has 0 saturated heterocycles. The summed E-state index contributed by atoms with van der Waals surface area (Å²) in [5, 5.41) is 1.36. The van der Waals surface area contributed by atoms with Gasteiger partial charge in [-0.25, -0.2) is 0 Å². The minimum Gasteiger partial charge on any atom is -0.343 e. The molecule has 0 N–H and O–H groups in total. The van der Waals surface area contributed by atoms with E-state index in [1.165, 1.54) is 32.6 Å². The summed E-state index contributed by atoms with van der Waals surface area (Å²) >= 11 is 1.69. The molecular formula is C18H17NOS. The number of Topliss-reactive ketones (excluding diaryl/α,β-unsaturated/α-hetero) is 1. The predicted molar refractivity (Wildman–Crippen MR) is 88.3 cm³/mol. The Morgan fingerprint density at radius 3 is 2.90 bits per heavy atom. The molecule has 0 saturated carbocycles. The first kappa shape index (κ1) is 12.8. The van der Waals surface area contributed by atoms with Gasteiger partial charge >= 0.3 is 0 Å². The highest BCUT2D eigenvalue weighted by Gasteiger charge is 2.25. The van der Waals surface area contributed by atoms with Crippen LogP contribution < -0.4 is 0 Å². The molecule has 2 nitrogen and oxygen atoms in total. The first-order chi connectivity index (χ1) is 10.2. The van der Waals surface area contributed by atoms with Crippen LogP contribution in [0.5, 0.6) is 0 Å². The molecule has 3 heteroatoms.